The average Bonchev–Trinajstić information content (AvgIpc) is 2.34. The van der Waals surface area contributed by atoms with Crippen LogP contribution in [0.2, 0.25) is 0 Å². The van der Waals surface area contributed by atoms with Crippen molar-refractivity contribution in [2.24, 2.45) is 5.92 Å². The number of nitrogens with one attached hydrogen (secondary N) is 1. The molecule has 0 aromatic rings. The Bertz CT molecular complexity index is 217. The van der Waals surface area contributed by atoms with Crippen molar-refractivity contribution in [3.8, 4) is 0 Å². The van der Waals surface area contributed by atoms with Crippen LogP contribution in [0.4, 0.5) is 0 Å². The summed E-state index contributed by atoms with van der Waals surface area (Å²) in [6, 6.07) is 0. The summed E-state index contributed by atoms with van der Waals surface area (Å²) in [5.41, 5.74) is 0. The maximum Gasteiger partial charge on any atom is 0.227 e. The van der Waals surface area contributed by atoms with Gasteiger partial charge in [-0.15, -0.1) is 0 Å². The lowest BCUT2D eigenvalue weighted by Crippen LogP contribution is -2.28. The fourth-order valence-corrected chi connectivity index (χ4v) is 2.22. The van der Waals surface area contributed by atoms with Gasteiger partial charge in [-0.3, -0.25) is 4.79 Å². The van der Waals surface area contributed by atoms with Crippen molar-refractivity contribution in [1.29, 1.82) is 0 Å². The monoisotopic (exact) mass is 223 g/mol. The summed E-state index contributed by atoms with van der Waals surface area (Å²) in [7, 11) is 0. The molecule has 0 aliphatic heterocycles. The Morgan fingerprint density at radius 1 is 1.25 bits per heavy atom. The van der Waals surface area contributed by atoms with E-state index in [2.05, 4.69) is 18.3 Å². The third-order valence-electron chi connectivity index (χ3n) is 3.29. The van der Waals surface area contributed by atoms with Crippen LogP contribution in [0.25, 0.3) is 0 Å². The smallest absolute Gasteiger partial charge is 0.227 e. The van der Waals surface area contributed by atoms with Crippen molar-refractivity contribution >= 4 is 5.91 Å². The number of allylic oxidation sites excluding steroid dienone is 1. The van der Waals surface area contributed by atoms with Crippen LogP contribution in [0.5, 0.6) is 0 Å². The zero-order valence-corrected chi connectivity index (χ0v) is 10.5. The van der Waals surface area contributed by atoms with Gasteiger partial charge in [0.05, 0.1) is 0 Å². The number of hydrogen-bond donors (Lipinski definition) is 1. The van der Waals surface area contributed by atoms with Crippen molar-refractivity contribution in [2.45, 2.75) is 64.7 Å². The zero-order valence-electron chi connectivity index (χ0n) is 10.5. The molecule has 16 heavy (non-hydrogen) atoms. The molecule has 0 saturated heterocycles. The maximum absolute atomic E-state index is 11.7. The first-order valence-electron chi connectivity index (χ1n) is 6.80. The van der Waals surface area contributed by atoms with E-state index in [1.807, 2.05) is 6.20 Å². The summed E-state index contributed by atoms with van der Waals surface area (Å²) < 4.78 is 0. The Morgan fingerprint density at radius 3 is 2.69 bits per heavy atom. The number of amides is 1. The average molecular weight is 223 g/mol. The Morgan fingerprint density at radius 2 is 2.00 bits per heavy atom. The van der Waals surface area contributed by atoms with E-state index in [9.17, 15) is 4.79 Å². The van der Waals surface area contributed by atoms with Gasteiger partial charge in [-0.2, -0.15) is 0 Å². The van der Waals surface area contributed by atoms with Crippen LogP contribution in [0.1, 0.15) is 64.7 Å². The van der Waals surface area contributed by atoms with Gasteiger partial charge in [-0.25, -0.2) is 0 Å². The standard InChI is InChI=1S/C14H25NO/c1-2-3-4-5-9-12-15-14(16)13-10-7-6-8-11-13/h9,12-13H,2-8,10-11H2,1H3,(H,15,16)/b12-9+. The molecule has 1 amide bonds. The molecule has 0 radical (unpaired) electrons. The third-order valence-corrected chi connectivity index (χ3v) is 3.29. The lowest BCUT2D eigenvalue weighted by molar-refractivity contribution is -0.124. The van der Waals surface area contributed by atoms with E-state index in [1.54, 1.807) is 0 Å². The van der Waals surface area contributed by atoms with Crippen LogP contribution in [-0.2, 0) is 4.79 Å². The fourth-order valence-electron chi connectivity index (χ4n) is 2.22. The van der Waals surface area contributed by atoms with E-state index < -0.39 is 0 Å². The van der Waals surface area contributed by atoms with Gasteiger partial charge in [0.1, 0.15) is 0 Å². The highest BCUT2D eigenvalue weighted by atomic mass is 16.1. The first-order chi connectivity index (χ1) is 7.84. The van der Waals surface area contributed by atoms with Crippen molar-refractivity contribution < 1.29 is 4.79 Å². The van der Waals surface area contributed by atoms with Crippen LogP contribution in [0.3, 0.4) is 0 Å². The molecule has 1 rings (SSSR count). The van der Waals surface area contributed by atoms with E-state index in [4.69, 9.17) is 0 Å². The largest absolute Gasteiger partial charge is 0.333 e. The Labute approximate surface area is 99.5 Å². The van der Waals surface area contributed by atoms with Crippen LogP contribution >= 0.6 is 0 Å². The molecule has 1 fully saturated rings. The van der Waals surface area contributed by atoms with Crippen molar-refractivity contribution in [1.82, 2.24) is 5.32 Å². The minimum absolute atomic E-state index is 0.228. The molecule has 92 valence electrons. The van der Waals surface area contributed by atoms with Gasteiger partial charge in [0.2, 0.25) is 5.91 Å². The summed E-state index contributed by atoms with van der Waals surface area (Å²) in [5, 5.41) is 2.91. The second kappa shape index (κ2) is 8.37. The zero-order chi connectivity index (χ0) is 11.6. The van der Waals surface area contributed by atoms with Gasteiger partial charge in [0, 0.05) is 5.92 Å². The molecule has 2 nitrogen and oxygen atoms in total. The van der Waals surface area contributed by atoms with Gasteiger partial charge in [0.15, 0.2) is 0 Å². The highest BCUT2D eigenvalue weighted by Crippen LogP contribution is 2.23. The van der Waals surface area contributed by atoms with Gasteiger partial charge in [0.25, 0.3) is 0 Å². The molecule has 1 aliphatic carbocycles. The molecule has 0 heterocycles. The number of carbonyl (C=O) groups excluding carboxylic acids is 1. The van der Waals surface area contributed by atoms with Crippen LogP contribution in [0.15, 0.2) is 12.3 Å². The SMILES string of the molecule is CCCCC/C=C/NC(=O)C1CCCCC1. The maximum atomic E-state index is 11.7. The van der Waals surface area contributed by atoms with Crippen molar-refractivity contribution in [3.63, 3.8) is 0 Å². The number of rotatable bonds is 6. The minimum Gasteiger partial charge on any atom is -0.333 e. The second-order valence-electron chi connectivity index (χ2n) is 4.74. The predicted molar refractivity (Wildman–Crippen MR) is 68.0 cm³/mol. The van der Waals surface area contributed by atoms with Crippen molar-refractivity contribution in [3.05, 3.63) is 12.3 Å². The molecule has 1 saturated carbocycles. The normalized spacial score (nSPS) is 17.8. The molecule has 2 heteroatoms. The first kappa shape index (κ1) is 13.3. The summed E-state index contributed by atoms with van der Waals surface area (Å²) in [4.78, 5) is 11.7. The fraction of sp³-hybridized carbons (Fsp3) is 0.786. The third kappa shape index (κ3) is 5.34. The van der Waals surface area contributed by atoms with Crippen LogP contribution in [-0.4, -0.2) is 5.91 Å². The summed E-state index contributed by atoms with van der Waals surface area (Å²) in [6.45, 7) is 2.20. The molecular formula is C14H25NO. The van der Waals surface area contributed by atoms with Crippen LogP contribution in [0, 0.1) is 5.92 Å². The van der Waals surface area contributed by atoms with E-state index in [1.165, 1.54) is 38.5 Å². The number of hydrogen-bond acceptors (Lipinski definition) is 1. The molecule has 0 bridgehead atoms. The summed E-state index contributed by atoms with van der Waals surface area (Å²) >= 11 is 0. The van der Waals surface area contributed by atoms with Crippen LogP contribution < -0.4 is 5.32 Å². The predicted octanol–water partition coefficient (Wildman–Crippen LogP) is 3.78. The highest BCUT2D eigenvalue weighted by Gasteiger charge is 2.19. The molecule has 1 N–H and O–H groups in total. The molecule has 0 unspecified atom stereocenters. The molecule has 0 aromatic heterocycles. The highest BCUT2D eigenvalue weighted by molar-refractivity contribution is 5.79. The van der Waals surface area contributed by atoms with E-state index in [0.717, 1.165) is 19.3 Å². The van der Waals surface area contributed by atoms with Gasteiger partial charge in [-0.05, 0) is 31.9 Å². The number of unbranched alkanes of at least 4 members (excludes halogenated alkanes) is 3. The van der Waals surface area contributed by atoms with E-state index in [0.29, 0.717) is 0 Å². The lowest BCUT2D eigenvalue weighted by Gasteiger charge is -2.19. The molecule has 1 aliphatic rings. The second-order valence-corrected chi connectivity index (χ2v) is 4.74. The summed E-state index contributed by atoms with van der Waals surface area (Å²) in [5.74, 6) is 0.500. The Kier molecular flexibility index (Phi) is 6.95. The lowest BCUT2D eigenvalue weighted by atomic mass is 9.89. The Balaban J connectivity index is 2.08. The topological polar surface area (TPSA) is 29.1 Å². The molecule has 0 atom stereocenters. The van der Waals surface area contributed by atoms with E-state index >= 15 is 0 Å². The van der Waals surface area contributed by atoms with Crippen molar-refractivity contribution in [2.75, 3.05) is 0 Å². The molecule has 0 aromatic carbocycles. The quantitative estimate of drug-likeness (QED) is 0.682. The van der Waals surface area contributed by atoms with Gasteiger partial charge >= 0.3 is 0 Å². The molecular weight excluding hydrogens is 198 g/mol. The van der Waals surface area contributed by atoms with Gasteiger partial charge < -0.3 is 5.32 Å². The molecule has 0 spiro atoms. The first-order valence-corrected chi connectivity index (χ1v) is 6.80. The minimum atomic E-state index is 0.228. The van der Waals surface area contributed by atoms with E-state index in [-0.39, 0.29) is 11.8 Å². The number of carbonyl (C=O) groups is 1. The Hall–Kier alpha value is -0.790. The van der Waals surface area contributed by atoms with Gasteiger partial charge in [-0.1, -0.05) is 45.1 Å². The summed E-state index contributed by atoms with van der Waals surface area (Å²) in [6.07, 6.45) is 14.7.